The normalized spacial score (nSPS) is 11.0. The second kappa shape index (κ2) is 49.1. The molecule has 0 amide bonds. The van der Waals surface area contributed by atoms with Gasteiger partial charge in [-0.3, -0.25) is 9.59 Å². The molecule has 19 nitrogen and oxygen atoms in total. The number of aryl methyl sites for hydroxylation is 2. The SMILES string of the molecule is C=C(C)C(=O)OCCCOc1ccc2cc(-c3ccccc3)c(=O)n(C(C)C)c2c1.C=C(C)COc1ccc(-c2cc3ccccc3n(C)c2=S)cc1.C=CC(=O)OCCCOc1ccc2cc(-c3ccccc3)c(=O)n(C(C)C)c2c1.C=CC(=O)OCOc1ccc(-c2cc3ccccc3n(C(C)CCC)c2=S)cc1.C=COCOc1ccc(-c2cc3ccccc3n(C)c2=S)cc1. The lowest BCUT2D eigenvalue weighted by Crippen LogP contribution is -2.23. The largest absolute Gasteiger partial charge is 0.493 e. The predicted octanol–water partition coefficient (Wildman–Crippen LogP) is 27.0. The molecule has 0 aliphatic heterocycles. The summed E-state index contributed by atoms with van der Waals surface area (Å²) in [5, 5.41) is 5.46. The molecule has 15 rings (SSSR count). The highest BCUT2D eigenvalue weighted by Gasteiger charge is 2.20. The summed E-state index contributed by atoms with van der Waals surface area (Å²) in [4.78, 5) is 59.9. The van der Waals surface area contributed by atoms with Crippen LogP contribution >= 0.6 is 36.7 Å². The first-order valence-corrected chi connectivity index (χ1v) is 45.5. The van der Waals surface area contributed by atoms with Crippen molar-refractivity contribution >= 4 is 109 Å². The lowest BCUT2D eigenvalue weighted by Gasteiger charge is -2.21. The Hall–Kier alpha value is -14.6. The number of carbonyl (C=O) groups excluding carboxylic acids is 3. The number of benzene rings is 10. The van der Waals surface area contributed by atoms with E-state index in [9.17, 15) is 24.0 Å². The number of hydrogen-bond acceptors (Lipinski definition) is 17. The first-order chi connectivity index (χ1) is 64.7. The zero-order chi connectivity index (χ0) is 95.9. The monoisotopic (exact) mass is 1850 g/mol. The van der Waals surface area contributed by atoms with Crippen molar-refractivity contribution in [2.24, 2.45) is 14.1 Å². The summed E-state index contributed by atoms with van der Waals surface area (Å²) in [7, 11) is 4.01. The van der Waals surface area contributed by atoms with E-state index in [4.69, 9.17) is 79.3 Å². The maximum absolute atomic E-state index is 13.2. The lowest BCUT2D eigenvalue weighted by molar-refractivity contribution is -0.144. The molecule has 5 heterocycles. The van der Waals surface area contributed by atoms with E-state index in [1.165, 1.54) is 17.0 Å². The second-order valence-corrected chi connectivity index (χ2v) is 33.4. The molecule has 0 N–H and O–H groups in total. The number of carbonyl (C=O) groups is 3. The van der Waals surface area contributed by atoms with Crippen LogP contribution in [0.2, 0.25) is 0 Å². The summed E-state index contributed by atoms with van der Waals surface area (Å²) in [6, 6.07) is 89.9. The van der Waals surface area contributed by atoms with Crippen LogP contribution in [0, 0.1) is 13.9 Å². The highest BCUT2D eigenvalue weighted by Crippen LogP contribution is 2.36. The van der Waals surface area contributed by atoms with Crippen LogP contribution in [0.5, 0.6) is 28.7 Å². The van der Waals surface area contributed by atoms with Crippen molar-refractivity contribution in [3.05, 3.63) is 370 Å². The predicted molar refractivity (Wildman–Crippen MR) is 550 cm³/mol. The van der Waals surface area contributed by atoms with Crippen molar-refractivity contribution in [3.63, 3.8) is 0 Å². The standard InChI is InChI=1S/C25H27NO4.C24H25NO4.C24H25NO3S.C20H19NOS.C19H17NO2S/c1-17(2)25(28)30-14-8-13-29-21-12-11-20-15-22(19-9-6-5-7-10-19)24(27)26(18(3)4)23(20)16-21;1-4-23(26)29-14-8-13-28-20-12-11-19-15-21(18-9-6-5-7-10-18)24(27)25(17(2)3)22(19)16-20;1-4-8-17(3)25-22-10-7-6-9-19(22)15-21(24(25)29)18-11-13-20(14-12-18)27-16-28-23(26)5-2;1-14(2)13-22-17-10-8-15(9-11-17)18-12-16-6-4-5-7-19(16)21(3)20(18)23;1-3-21-13-22-16-10-8-14(9-11-16)17-12-15-6-4-5-7-18(15)20(2)19(17)23/h5-7,9-12,15-16,18H,1,8,13-14H2,2-4H3;4-7,9-12,15-17H,1,8,13-14H2,2-3H3;5-7,9-15,17H,2,4,8,16H2,1,3H3;4-12H,1,13H2,2-3H3;3-12H,1,13H2,2H3. The van der Waals surface area contributed by atoms with Gasteiger partial charge in [-0.15, -0.1) is 0 Å². The van der Waals surface area contributed by atoms with Gasteiger partial charge in [0.05, 0.1) is 43.7 Å². The Labute approximate surface area is 797 Å². The quantitative estimate of drug-likeness (QED) is 0.00550. The lowest BCUT2D eigenvalue weighted by atomic mass is 10.0. The topological polar surface area (TPSA) is 193 Å². The number of fused-ring (bicyclic) bond motifs is 5. The number of pyridine rings is 5. The maximum Gasteiger partial charge on any atom is 0.333 e. The Bertz CT molecular complexity index is 7020. The average Bonchev–Trinajstić information content (AvgIpc) is 0.743. The minimum atomic E-state index is -0.515. The van der Waals surface area contributed by atoms with Crippen molar-refractivity contribution in [2.75, 3.05) is 46.6 Å². The molecule has 0 aliphatic rings. The van der Waals surface area contributed by atoms with Crippen LogP contribution in [0.15, 0.2) is 345 Å². The number of esters is 3. The molecule has 0 bridgehead atoms. The molecule has 0 aliphatic carbocycles. The summed E-state index contributed by atoms with van der Waals surface area (Å²) < 4.78 is 60.4. The van der Waals surface area contributed by atoms with E-state index in [0.717, 1.165) is 144 Å². The van der Waals surface area contributed by atoms with Gasteiger partial charge in [0.15, 0.2) is 0 Å². The highest BCUT2D eigenvalue weighted by molar-refractivity contribution is 7.72. The molecule has 0 spiro atoms. The van der Waals surface area contributed by atoms with Gasteiger partial charge in [0.25, 0.3) is 11.1 Å². The second-order valence-electron chi connectivity index (χ2n) is 32.3. The third-order valence-electron chi connectivity index (χ3n) is 21.7. The van der Waals surface area contributed by atoms with Gasteiger partial charge in [0, 0.05) is 119 Å². The van der Waals surface area contributed by atoms with Crippen LogP contribution in [-0.2, 0) is 47.4 Å². The van der Waals surface area contributed by atoms with Gasteiger partial charge in [0.2, 0.25) is 13.6 Å². The molecular formula is C112H113N5O14S3. The maximum atomic E-state index is 13.2. The first kappa shape index (κ1) is 100.0. The number of ether oxygens (including phenoxy) is 9. The van der Waals surface area contributed by atoms with Crippen LogP contribution in [-0.4, -0.2) is 87.4 Å². The molecule has 0 saturated heterocycles. The smallest absolute Gasteiger partial charge is 0.333 e. The third kappa shape index (κ3) is 26.4. The molecular weight excluding hydrogens is 1740 g/mol. The van der Waals surface area contributed by atoms with Gasteiger partial charge in [-0.2, -0.15) is 0 Å². The molecule has 1 atom stereocenters. The summed E-state index contributed by atoms with van der Waals surface area (Å²) in [6.45, 7) is 35.4. The summed E-state index contributed by atoms with van der Waals surface area (Å²) in [6.07, 6.45) is 6.91. The van der Waals surface area contributed by atoms with E-state index in [-0.39, 0.29) is 50.0 Å². The fraction of sp³-hybridized carbons (Fsp3) is 0.214. The molecule has 5 aromatic heterocycles. The number of hydrogen-bond donors (Lipinski definition) is 0. The van der Waals surface area contributed by atoms with Crippen LogP contribution in [0.4, 0.5) is 0 Å². The van der Waals surface area contributed by atoms with Gasteiger partial charge in [-0.05, 0) is 224 Å². The molecule has 0 saturated carbocycles. The van der Waals surface area contributed by atoms with Crippen LogP contribution in [0.3, 0.4) is 0 Å². The fourth-order valence-corrected chi connectivity index (χ4v) is 16.0. The average molecular weight is 1850 g/mol. The Morgan fingerprint density at radius 1 is 0.373 bits per heavy atom. The van der Waals surface area contributed by atoms with E-state index in [0.29, 0.717) is 72.7 Å². The summed E-state index contributed by atoms with van der Waals surface area (Å²) in [5.74, 6) is 2.20. The van der Waals surface area contributed by atoms with Crippen molar-refractivity contribution < 1.29 is 57.0 Å². The fourth-order valence-electron chi connectivity index (χ4n) is 15.0. The summed E-state index contributed by atoms with van der Waals surface area (Å²) in [5.41, 5.74) is 15.9. The molecule has 688 valence electrons. The molecule has 0 radical (unpaired) electrons. The third-order valence-corrected chi connectivity index (χ3v) is 23.1. The van der Waals surface area contributed by atoms with Gasteiger partial charge < -0.3 is 65.5 Å². The van der Waals surface area contributed by atoms with Gasteiger partial charge in [0.1, 0.15) is 49.3 Å². The molecule has 134 heavy (non-hydrogen) atoms. The van der Waals surface area contributed by atoms with Crippen LogP contribution in [0.25, 0.3) is 110 Å². The number of para-hydroxylation sites is 3. The molecule has 22 heteroatoms. The van der Waals surface area contributed by atoms with Crippen LogP contribution in [0.1, 0.15) is 99.2 Å². The summed E-state index contributed by atoms with van der Waals surface area (Å²) >= 11 is 17.2. The van der Waals surface area contributed by atoms with E-state index < -0.39 is 17.9 Å². The van der Waals surface area contributed by atoms with E-state index in [1.54, 1.807) is 16.1 Å². The van der Waals surface area contributed by atoms with E-state index >= 15 is 0 Å². The van der Waals surface area contributed by atoms with Gasteiger partial charge in [-0.1, -0.05) is 235 Å². The first-order valence-electron chi connectivity index (χ1n) is 44.3. The van der Waals surface area contributed by atoms with Crippen molar-refractivity contribution in [1.82, 2.24) is 22.8 Å². The number of nitrogens with zero attached hydrogens (tertiary/aromatic N) is 5. The molecule has 10 aromatic carbocycles. The Morgan fingerprint density at radius 2 is 0.731 bits per heavy atom. The minimum absolute atomic E-state index is 0.000433. The number of rotatable bonds is 33. The highest BCUT2D eigenvalue weighted by atomic mass is 32.1. The van der Waals surface area contributed by atoms with E-state index in [2.05, 4.69) is 117 Å². The minimum Gasteiger partial charge on any atom is -0.493 e. The molecule has 15 aromatic rings. The van der Waals surface area contributed by atoms with Gasteiger partial charge >= 0.3 is 17.9 Å². The Balaban J connectivity index is 0.000000162. The zero-order valence-corrected chi connectivity index (χ0v) is 79.9. The zero-order valence-electron chi connectivity index (χ0n) is 77.4. The van der Waals surface area contributed by atoms with Crippen molar-refractivity contribution in [1.29, 1.82) is 0 Å². The Kier molecular flexibility index (Phi) is 36.6. The van der Waals surface area contributed by atoms with Crippen LogP contribution < -0.4 is 34.8 Å². The van der Waals surface area contributed by atoms with Crippen molar-refractivity contribution in [2.45, 2.75) is 99.2 Å². The van der Waals surface area contributed by atoms with E-state index in [1.807, 2.05) is 266 Å². The van der Waals surface area contributed by atoms with Gasteiger partial charge in [-0.25, -0.2) is 14.4 Å². The Morgan fingerprint density at radius 3 is 1.14 bits per heavy atom. The number of aromatic nitrogens is 5. The van der Waals surface area contributed by atoms with Crippen molar-refractivity contribution in [3.8, 4) is 84.4 Å². The molecule has 1 unspecified atom stereocenters. The molecule has 0 fully saturated rings.